The van der Waals surface area contributed by atoms with Crippen LogP contribution in [0, 0.1) is 5.82 Å². The number of ether oxygens (including phenoxy) is 2. The number of nitrogens with zero attached hydrogens (tertiary/aromatic N) is 4. The van der Waals surface area contributed by atoms with Crippen LogP contribution >= 0.6 is 0 Å². The highest BCUT2D eigenvalue weighted by molar-refractivity contribution is 5.82. The molecule has 2 aromatic rings. The molecule has 0 radical (unpaired) electrons. The summed E-state index contributed by atoms with van der Waals surface area (Å²) in [5, 5.41) is 6.83. The molecule has 2 N–H and O–H groups in total. The fraction of sp³-hybridized carbons (Fsp3) is 0.607. The van der Waals surface area contributed by atoms with Gasteiger partial charge in [0.15, 0.2) is 23.1 Å². The van der Waals surface area contributed by atoms with E-state index in [1.165, 1.54) is 6.20 Å². The van der Waals surface area contributed by atoms with Gasteiger partial charge in [-0.25, -0.2) is 9.37 Å². The number of rotatable bonds is 5. The minimum absolute atomic E-state index is 0.0190. The van der Waals surface area contributed by atoms with Crippen molar-refractivity contribution in [2.24, 2.45) is 0 Å². The van der Waals surface area contributed by atoms with Crippen LogP contribution in [0.1, 0.15) is 59.8 Å². The van der Waals surface area contributed by atoms with E-state index in [0.717, 1.165) is 45.2 Å². The lowest BCUT2D eigenvalue weighted by atomic mass is 9.79. The monoisotopic (exact) mass is 526 g/mol. The number of fused-ring (bicyclic) bond motifs is 1. The molecule has 1 atom stereocenters. The summed E-state index contributed by atoms with van der Waals surface area (Å²) in [4.78, 5) is 25.3. The number of carbonyl (C=O) groups excluding carboxylic acids is 1. The van der Waals surface area contributed by atoms with E-state index in [-0.39, 0.29) is 41.4 Å². The van der Waals surface area contributed by atoms with Crippen molar-refractivity contribution >= 4 is 23.4 Å². The van der Waals surface area contributed by atoms with Crippen LogP contribution in [0.25, 0.3) is 0 Å². The van der Waals surface area contributed by atoms with Gasteiger partial charge in [-0.05, 0) is 71.9 Å². The van der Waals surface area contributed by atoms with E-state index in [1.54, 1.807) is 12.1 Å². The molecule has 10 heteroatoms. The Morgan fingerprint density at radius 3 is 2.55 bits per heavy atom. The van der Waals surface area contributed by atoms with Crippen LogP contribution in [0.5, 0.6) is 11.5 Å². The summed E-state index contributed by atoms with van der Waals surface area (Å²) in [5.74, 6) is 1.13. The lowest BCUT2D eigenvalue weighted by Crippen LogP contribution is -2.62. The first-order valence-corrected chi connectivity index (χ1v) is 13.5. The van der Waals surface area contributed by atoms with Crippen molar-refractivity contribution in [3.8, 4) is 11.5 Å². The maximum absolute atomic E-state index is 14.9. The van der Waals surface area contributed by atoms with E-state index in [9.17, 15) is 9.18 Å². The van der Waals surface area contributed by atoms with Crippen molar-refractivity contribution in [1.82, 2.24) is 20.2 Å². The van der Waals surface area contributed by atoms with Gasteiger partial charge in [-0.2, -0.15) is 4.98 Å². The van der Waals surface area contributed by atoms with E-state index in [4.69, 9.17) is 9.47 Å². The quantitative estimate of drug-likeness (QED) is 0.597. The zero-order chi connectivity index (χ0) is 27.1. The number of amides is 1. The second-order valence-corrected chi connectivity index (χ2v) is 12.0. The molecule has 2 saturated heterocycles. The number of hydrogen-bond donors (Lipinski definition) is 2. The first-order chi connectivity index (χ1) is 18.0. The molecule has 3 aliphatic rings. The van der Waals surface area contributed by atoms with Gasteiger partial charge in [0.2, 0.25) is 12.1 Å². The molecular formula is C28H39FN6O3. The molecule has 4 heterocycles. The molecule has 0 bridgehead atoms. The third-order valence-corrected chi connectivity index (χ3v) is 7.58. The van der Waals surface area contributed by atoms with Crippen LogP contribution in [0.15, 0.2) is 24.4 Å². The van der Waals surface area contributed by atoms with Gasteiger partial charge in [0.1, 0.15) is 6.61 Å². The average molecular weight is 527 g/mol. The minimum atomic E-state index is -0.636. The topological polar surface area (TPSA) is 91.9 Å². The normalized spacial score (nSPS) is 22.6. The largest absolute Gasteiger partial charge is 0.485 e. The third-order valence-electron chi connectivity index (χ3n) is 7.58. The summed E-state index contributed by atoms with van der Waals surface area (Å²) in [6.07, 6.45) is 5.51. The van der Waals surface area contributed by atoms with E-state index < -0.39 is 11.9 Å². The molecule has 0 aliphatic carbocycles. The van der Waals surface area contributed by atoms with Crippen LogP contribution in [0.4, 0.5) is 21.8 Å². The Labute approximate surface area is 224 Å². The second-order valence-electron chi connectivity index (χ2n) is 12.0. The Morgan fingerprint density at radius 2 is 1.84 bits per heavy atom. The van der Waals surface area contributed by atoms with Gasteiger partial charge in [0, 0.05) is 49.0 Å². The number of anilines is 3. The van der Waals surface area contributed by atoms with Crippen molar-refractivity contribution in [2.45, 2.75) is 83.0 Å². The van der Waals surface area contributed by atoms with E-state index in [1.807, 2.05) is 22.9 Å². The highest BCUT2D eigenvalue weighted by Gasteiger charge is 2.40. The number of aromatic nitrogens is 2. The summed E-state index contributed by atoms with van der Waals surface area (Å²) >= 11 is 0. The molecule has 1 amide bonds. The zero-order valence-corrected chi connectivity index (χ0v) is 23.0. The number of carbonyl (C=O) groups is 1. The Bertz CT molecular complexity index is 1170. The summed E-state index contributed by atoms with van der Waals surface area (Å²) in [7, 11) is 1.89. The molecule has 1 aromatic carbocycles. The van der Waals surface area contributed by atoms with Crippen molar-refractivity contribution in [1.29, 1.82) is 0 Å². The molecule has 3 aliphatic heterocycles. The number of nitrogens with one attached hydrogen (secondary N) is 2. The SMILES string of the molecule is CN(c1nc(Nc2ccc3c(c2)OCC(C(=O)N2CCCCC2)O3)ncc1F)C1CC(C)(C)NC(C)(C)C1. The molecule has 0 spiro atoms. The molecule has 0 saturated carbocycles. The average Bonchev–Trinajstić information content (AvgIpc) is 2.87. The Kier molecular flexibility index (Phi) is 7.11. The maximum atomic E-state index is 14.9. The van der Waals surface area contributed by atoms with Gasteiger partial charge in [-0.3, -0.25) is 4.79 Å². The van der Waals surface area contributed by atoms with Gasteiger partial charge in [-0.15, -0.1) is 0 Å². The van der Waals surface area contributed by atoms with Crippen LogP contribution in [0.3, 0.4) is 0 Å². The third kappa shape index (κ3) is 5.80. The van der Waals surface area contributed by atoms with Gasteiger partial charge < -0.3 is 29.9 Å². The highest BCUT2D eigenvalue weighted by Crippen LogP contribution is 2.36. The van der Waals surface area contributed by atoms with Crippen molar-refractivity contribution < 1.29 is 18.7 Å². The van der Waals surface area contributed by atoms with Crippen LogP contribution in [0.2, 0.25) is 0 Å². The summed E-state index contributed by atoms with van der Waals surface area (Å²) in [6, 6.07) is 5.48. The summed E-state index contributed by atoms with van der Waals surface area (Å²) in [5.41, 5.74) is 0.527. The Hall–Kier alpha value is -3.14. The predicted molar refractivity (Wildman–Crippen MR) is 145 cm³/mol. The predicted octanol–water partition coefficient (Wildman–Crippen LogP) is 4.26. The Balaban J connectivity index is 1.28. The molecule has 5 rings (SSSR count). The molecule has 9 nitrogen and oxygen atoms in total. The van der Waals surface area contributed by atoms with E-state index >= 15 is 0 Å². The van der Waals surface area contributed by atoms with Crippen LogP contribution in [-0.2, 0) is 4.79 Å². The minimum Gasteiger partial charge on any atom is -0.485 e. The van der Waals surface area contributed by atoms with E-state index in [2.05, 4.69) is 48.3 Å². The smallest absolute Gasteiger partial charge is 0.267 e. The lowest BCUT2D eigenvalue weighted by Gasteiger charge is -2.49. The van der Waals surface area contributed by atoms with Gasteiger partial charge in [0.25, 0.3) is 5.91 Å². The van der Waals surface area contributed by atoms with Gasteiger partial charge in [0.05, 0.1) is 6.20 Å². The first-order valence-electron chi connectivity index (χ1n) is 13.5. The maximum Gasteiger partial charge on any atom is 0.267 e. The number of piperidine rings is 2. The zero-order valence-electron chi connectivity index (χ0n) is 23.0. The lowest BCUT2D eigenvalue weighted by molar-refractivity contribution is -0.142. The fourth-order valence-electron chi connectivity index (χ4n) is 6.10. The Morgan fingerprint density at radius 1 is 1.13 bits per heavy atom. The van der Waals surface area contributed by atoms with Crippen molar-refractivity contribution in [3.63, 3.8) is 0 Å². The van der Waals surface area contributed by atoms with Gasteiger partial charge in [-0.1, -0.05) is 0 Å². The van der Waals surface area contributed by atoms with Crippen LogP contribution < -0.4 is 25.0 Å². The molecule has 1 unspecified atom stereocenters. The summed E-state index contributed by atoms with van der Waals surface area (Å²) in [6.45, 7) is 10.4. The molecule has 206 valence electrons. The molecule has 2 fully saturated rings. The van der Waals surface area contributed by atoms with Gasteiger partial charge >= 0.3 is 0 Å². The molecule has 38 heavy (non-hydrogen) atoms. The van der Waals surface area contributed by atoms with E-state index in [0.29, 0.717) is 17.2 Å². The fourth-order valence-corrected chi connectivity index (χ4v) is 6.10. The number of likely N-dealkylation sites (tertiary alicyclic amines) is 1. The first kappa shape index (κ1) is 26.5. The molecular weight excluding hydrogens is 487 g/mol. The molecule has 1 aromatic heterocycles. The second kappa shape index (κ2) is 10.2. The number of halogens is 1. The van der Waals surface area contributed by atoms with Crippen molar-refractivity contribution in [3.05, 3.63) is 30.2 Å². The van der Waals surface area contributed by atoms with Crippen LogP contribution in [-0.4, -0.2) is 70.7 Å². The number of benzene rings is 1. The summed E-state index contributed by atoms with van der Waals surface area (Å²) < 4.78 is 26.8. The standard InChI is InChI=1S/C28H39FN6O3/c1-27(2)14-19(15-28(3,4)33-27)34(5)24-20(29)16-30-26(32-24)31-18-9-10-21-22(13-18)37-17-23(38-21)25(36)35-11-7-6-8-12-35/h9-10,13,16,19,23,33H,6-8,11-12,14-15,17H2,1-5H3,(H,30,31,32). The number of hydrogen-bond acceptors (Lipinski definition) is 8. The highest BCUT2D eigenvalue weighted by atomic mass is 19.1. The van der Waals surface area contributed by atoms with Crippen molar-refractivity contribution in [2.75, 3.05) is 37.0 Å².